The van der Waals surface area contributed by atoms with Crippen molar-refractivity contribution in [1.29, 1.82) is 0 Å². The summed E-state index contributed by atoms with van der Waals surface area (Å²) >= 11 is 0. The minimum absolute atomic E-state index is 0.00578. The molecule has 1 aromatic carbocycles. The summed E-state index contributed by atoms with van der Waals surface area (Å²) in [6.07, 6.45) is 4.73. The molecule has 0 spiro atoms. The molecule has 1 saturated carbocycles. The van der Waals surface area contributed by atoms with Crippen LogP contribution in [0.5, 0.6) is 0 Å². The summed E-state index contributed by atoms with van der Waals surface area (Å²) in [6, 6.07) is 9.64. The van der Waals surface area contributed by atoms with Gasteiger partial charge in [0.1, 0.15) is 9.84 Å². The molecule has 0 radical (unpaired) electrons. The molecule has 1 atom stereocenters. The summed E-state index contributed by atoms with van der Waals surface area (Å²) in [5.74, 6) is -0.0195. The van der Waals surface area contributed by atoms with Gasteiger partial charge < -0.3 is 5.32 Å². The maximum Gasteiger partial charge on any atom is 0.226 e. The van der Waals surface area contributed by atoms with Gasteiger partial charge in [0, 0.05) is 12.3 Å². The van der Waals surface area contributed by atoms with E-state index in [1.165, 1.54) is 6.26 Å². The van der Waals surface area contributed by atoms with E-state index in [9.17, 15) is 13.2 Å². The van der Waals surface area contributed by atoms with Gasteiger partial charge in [-0.05, 0) is 31.7 Å². The van der Waals surface area contributed by atoms with Gasteiger partial charge in [-0.2, -0.15) is 0 Å². The number of carbonyl (C=O) groups is 1. The van der Waals surface area contributed by atoms with E-state index < -0.39 is 9.84 Å². The van der Waals surface area contributed by atoms with Crippen LogP contribution in [0, 0.1) is 5.41 Å². The third kappa shape index (κ3) is 4.30. The molecule has 1 aliphatic carbocycles. The number of amides is 1. The summed E-state index contributed by atoms with van der Waals surface area (Å²) in [5, 5.41) is 2.88. The van der Waals surface area contributed by atoms with Crippen molar-refractivity contribution in [2.45, 2.75) is 38.6 Å². The van der Waals surface area contributed by atoms with Crippen LogP contribution in [-0.2, 0) is 21.1 Å². The Morgan fingerprint density at radius 3 is 2.38 bits per heavy atom. The molecule has 0 aromatic heterocycles. The van der Waals surface area contributed by atoms with Crippen molar-refractivity contribution in [2.24, 2.45) is 5.41 Å². The van der Waals surface area contributed by atoms with Crippen molar-refractivity contribution >= 4 is 15.7 Å². The summed E-state index contributed by atoms with van der Waals surface area (Å²) in [7, 11) is -3.08. The van der Waals surface area contributed by atoms with Gasteiger partial charge in [0.05, 0.1) is 11.2 Å². The highest BCUT2D eigenvalue weighted by Gasteiger charge is 2.44. The lowest BCUT2D eigenvalue weighted by Crippen LogP contribution is -2.51. The van der Waals surface area contributed by atoms with E-state index in [0.29, 0.717) is 0 Å². The third-order valence-electron chi connectivity index (χ3n) is 4.11. The Hall–Kier alpha value is -1.36. The minimum Gasteiger partial charge on any atom is -0.352 e. The molecule has 0 heterocycles. The first-order valence-electron chi connectivity index (χ1n) is 7.33. The molecule has 2 rings (SSSR count). The Labute approximate surface area is 126 Å². The van der Waals surface area contributed by atoms with Crippen LogP contribution >= 0.6 is 0 Å². The van der Waals surface area contributed by atoms with Crippen LogP contribution in [-0.4, -0.2) is 32.4 Å². The van der Waals surface area contributed by atoms with Gasteiger partial charge in [0.2, 0.25) is 5.91 Å². The van der Waals surface area contributed by atoms with Crippen molar-refractivity contribution in [3.05, 3.63) is 35.9 Å². The fourth-order valence-corrected chi connectivity index (χ4v) is 3.94. The first-order chi connectivity index (χ1) is 9.81. The van der Waals surface area contributed by atoms with Gasteiger partial charge in [-0.25, -0.2) is 8.42 Å². The van der Waals surface area contributed by atoms with E-state index in [-0.39, 0.29) is 23.1 Å². The first kappa shape index (κ1) is 16.0. The molecule has 0 unspecified atom stereocenters. The van der Waals surface area contributed by atoms with E-state index in [0.717, 1.165) is 31.2 Å². The highest BCUT2D eigenvalue weighted by molar-refractivity contribution is 7.90. The van der Waals surface area contributed by atoms with Crippen molar-refractivity contribution in [1.82, 2.24) is 5.32 Å². The van der Waals surface area contributed by atoms with Crippen LogP contribution < -0.4 is 5.32 Å². The number of nitrogens with one attached hydrogen (secondary N) is 1. The second-order valence-electron chi connectivity index (χ2n) is 6.26. The number of sulfone groups is 1. The number of carbonyl (C=O) groups excluding carboxylic acids is 1. The number of benzene rings is 1. The molecule has 1 fully saturated rings. The zero-order valence-electron chi connectivity index (χ0n) is 12.6. The average Bonchev–Trinajstić information content (AvgIpc) is 2.32. The normalized spacial score (nSPS) is 18.6. The highest BCUT2D eigenvalue weighted by atomic mass is 32.2. The summed E-state index contributed by atoms with van der Waals surface area (Å²) in [5.41, 5.74) is 0.802. The highest BCUT2D eigenvalue weighted by Crippen LogP contribution is 2.44. The summed E-state index contributed by atoms with van der Waals surface area (Å²) < 4.78 is 22.6. The summed E-state index contributed by atoms with van der Waals surface area (Å²) in [4.78, 5) is 12.5. The lowest BCUT2D eigenvalue weighted by molar-refractivity contribution is -0.136. The van der Waals surface area contributed by atoms with Gasteiger partial charge in [-0.1, -0.05) is 36.8 Å². The van der Waals surface area contributed by atoms with Crippen LogP contribution in [0.4, 0.5) is 0 Å². The Balaban J connectivity index is 2.01. The number of hydrogen-bond acceptors (Lipinski definition) is 3. The van der Waals surface area contributed by atoms with Crippen LogP contribution in [0.1, 0.15) is 31.7 Å². The largest absolute Gasteiger partial charge is 0.352 e. The fourth-order valence-electron chi connectivity index (χ4n) is 2.95. The lowest BCUT2D eigenvalue weighted by Gasteiger charge is -2.41. The molecule has 0 saturated heterocycles. The van der Waals surface area contributed by atoms with Crippen molar-refractivity contribution in [3.63, 3.8) is 0 Å². The monoisotopic (exact) mass is 309 g/mol. The van der Waals surface area contributed by atoms with Crippen LogP contribution in [0.3, 0.4) is 0 Å². The quantitative estimate of drug-likeness (QED) is 0.873. The smallest absolute Gasteiger partial charge is 0.226 e. The molecule has 1 aromatic rings. The molecular weight excluding hydrogens is 286 g/mol. The molecule has 1 N–H and O–H groups in total. The van der Waals surface area contributed by atoms with Crippen LogP contribution in [0.25, 0.3) is 0 Å². The van der Waals surface area contributed by atoms with Gasteiger partial charge in [0.15, 0.2) is 0 Å². The third-order valence-corrected chi connectivity index (χ3v) is 5.21. The molecule has 116 valence electrons. The molecule has 5 heteroatoms. The number of hydrogen-bond donors (Lipinski definition) is 1. The molecular formula is C16H23NO3S. The van der Waals surface area contributed by atoms with Gasteiger partial charge in [-0.15, -0.1) is 0 Å². The summed E-state index contributed by atoms with van der Waals surface area (Å²) in [6.45, 7) is 1.74. The fraction of sp³-hybridized carbons (Fsp3) is 0.562. The lowest BCUT2D eigenvalue weighted by atomic mass is 9.64. The molecule has 0 bridgehead atoms. The van der Waals surface area contributed by atoms with Crippen LogP contribution in [0.15, 0.2) is 30.3 Å². The van der Waals surface area contributed by atoms with E-state index in [1.54, 1.807) is 6.92 Å². The van der Waals surface area contributed by atoms with Crippen LogP contribution in [0.2, 0.25) is 0 Å². The van der Waals surface area contributed by atoms with Crippen molar-refractivity contribution in [3.8, 4) is 0 Å². The molecule has 1 amide bonds. The zero-order chi connectivity index (χ0) is 15.5. The Bertz CT molecular complexity index is 591. The maximum absolute atomic E-state index is 12.5. The van der Waals surface area contributed by atoms with Crippen molar-refractivity contribution < 1.29 is 13.2 Å². The Kier molecular flexibility index (Phi) is 4.71. The molecule has 0 aliphatic heterocycles. The Morgan fingerprint density at radius 2 is 1.90 bits per heavy atom. The van der Waals surface area contributed by atoms with E-state index in [2.05, 4.69) is 5.32 Å². The second kappa shape index (κ2) is 6.18. The second-order valence-corrected chi connectivity index (χ2v) is 8.45. The molecule has 21 heavy (non-hydrogen) atoms. The van der Waals surface area contributed by atoms with E-state index >= 15 is 0 Å². The van der Waals surface area contributed by atoms with Gasteiger partial charge in [0.25, 0.3) is 0 Å². The van der Waals surface area contributed by atoms with Crippen molar-refractivity contribution in [2.75, 3.05) is 12.0 Å². The standard InChI is InChI=1S/C16H23NO3S/c1-13(12-21(2,19)20)17-15(18)16(9-6-10-16)11-14-7-4-3-5-8-14/h3-5,7-8,13H,6,9-12H2,1-2H3,(H,17,18)/t13-/m1/s1. The minimum atomic E-state index is -3.08. The molecule has 4 nitrogen and oxygen atoms in total. The Morgan fingerprint density at radius 1 is 1.29 bits per heavy atom. The van der Waals surface area contributed by atoms with E-state index in [1.807, 2.05) is 30.3 Å². The predicted molar refractivity (Wildman–Crippen MR) is 83.7 cm³/mol. The van der Waals surface area contributed by atoms with Gasteiger partial charge >= 0.3 is 0 Å². The number of rotatable bonds is 6. The average molecular weight is 309 g/mol. The van der Waals surface area contributed by atoms with Gasteiger partial charge in [-0.3, -0.25) is 4.79 Å². The maximum atomic E-state index is 12.5. The zero-order valence-corrected chi connectivity index (χ0v) is 13.4. The van der Waals surface area contributed by atoms with E-state index in [4.69, 9.17) is 0 Å². The first-order valence-corrected chi connectivity index (χ1v) is 9.39. The predicted octanol–water partition coefficient (Wildman–Crippen LogP) is 1.95. The SMILES string of the molecule is C[C@H](CS(C)(=O)=O)NC(=O)C1(Cc2ccccc2)CCC1. The topological polar surface area (TPSA) is 63.2 Å². The molecule has 1 aliphatic rings.